The highest BCUT2D eigenvalue weighted by Gasteiger charge is 2.30. The first kappa shape index (κ1) is 35.2. The van der Waals surface area contributed by atoms with Gasteiger partial charge in [-0.2, -0.15) is 0 Å². The molecule has 1 aromatic rings. The summed E-state index contributed by atoms with van der Waals surface area (Å²) < 4.78 is 15.5. The average Bonchev–Trinajstić information content (AvgIpc) is 2.84. The number of phosphoric acid groups is 1. The van der Waals surface area contributed by atoms with Crippen LogP contribution in [-0.4, -0.2) is 80.1 Å². The number of nitrogens with two attached hydrogens (primary N) is 1. The summed E-state index contributed by atoms with van der Waals surface area (Å²) in [5.74, 6) is -5.59. The van der Waals surface area contributed by atoms with Gasteiger partial charge in [0.05, 0.1) is 18.5 Å². The van der Waals surface area contributed by atoms with E-state index < -0.39 is 80.9 Å². The van der Waals surface area contributed by atoms with E-state index in [2.05, 4.69) is 20.5 Å². The van der Waals surface area contributed by atoms with Gasteiger partial charge in [0.15, 0.2) is 0 Å². The lowest BCUT2D eigenvalue weighted by Gasteiger charge is -2.25. The molecule has 4 atom stereocenters. The molecule has 0 saturated carbocycles. The normalized spacial score (nSPS) is 14.2. The van der Waals surface area contributed by atoms with E-state index in [9.17, 15) is 33.3 Å². The number of hydrogen-bond donors (Lipinski definition) is 8. The average molecular weight is 603 g/mol. The molecule has 228 valence electrons. The summed E-state index contributed by atoms with van der Waals surface area (Å²) in [6.45, 7) is 3.65. The number of hydrogen-bond acceptors (Lipinski definition) is 9. The second-order valence-corrected chi connectivity index (χ2v) is 10.7. The van der Waals surface area contributed by atoms with Crippen LogP contribution in [0.15, 0.2) is 24.3 Å². The molecular formula is C24H35N4O12P. The number of carboxylic acids is 2. The molecule has 9 N–H and O–H groups in total. The molecule has 0 unspecified atom stereocenters. The zero-order valence-electron chi connectivity index (χ0n) is 22.4. The maximum absolute atomic E-state index is 13.2. The lowest BCUT2D eigenvalue weighted by Crippen LogP contribution is -2.57. The maximum atomic E-state index is 13.2. The number of carboxylic acid groups (broad SMARTS) is 2. The fourth-order valence-electron chi connectivity index (χ4n) is 3.58. The Hall–Kier alpha value is -3.85. The summed E-state index contributed by atoms with van der Waals surface area (Å²) >= 11 is 0. The molecule has 16 nitrogen and oxygen atoms in total. The van der Waals surface area contributed by atoms with Crippen LogP contribution in [0.3, 0.4) is 0 Å². The van der Waals surface area contributed by atoms with Crippen LogP contribution in [0.4, 0.5) is 0 Å². The third kappa shape index (κ3) is 14.4. The quantitative estimate of drug-likeness (QED) is 0.0746. The number of aldehydes is 1. The van der Waals surface area contributed by atoms with E-state index in [1.54, 1.807) is 0 Å². The van der Waals surface area contributed by atoms with Gasteiger partial charge in [-0.3, -0.25) is 33.8 Å². The largest absolute Gasteiger partial charge is 0.524 e. The summed E-state index contributed by atoms with van der Waals surface area (Å²) in [5.41, 5.74) is 5.93. The molecule has 17 heteroatoms. The van der Waals surface area contributed by atoms with Crippen LogP contribution in [-0.2, 0) is 39.8 Å². The van der Waals surface area contributed by atoms with Crippen LogP contribution in [0, 0.1) is 5.92 Å². The van der Waals surface area contributed by atoms with Crippen molar-refractivity contribution in [2.45, 2.75) is 70.1 Å². The van der Waals surface area contributed by atoms with Gasteiger partial charge < -0.3 is 41.2 Å². The molecule has 1 aromatic carbocycles. The minimum Gasteiger partial charge on any atom is -0.481 e. The third-order valence-corrected chi connectivity index (χ3v) is 5.90. The summed E-state index contributed by atoms with van der Waals surface area (Å²) in [5, 5.41) is 25.1. The fourth-order valence-corrected chi connectivity index (χ4v) is 3.97. The molecule has 0 aliphatic heterocycles. The zero-order valence-corrected chi connectivity index (χ0v) is 23.3. The van der Waals surface area contributed by atoms with Crippen molar-refractivity contribution in [1.82, 2.24) is 16.0 Å². The van der Waals surface area contributed by atoms with E-state index in [0.29, 0.717) is 18.3 Å². The van der Waals surface area contributed by atoms with Crippen LogP contribution >= 0.6 is 7.82 Å². The lowest BCUT2D eigenvalue weighted by atomic mass is 10.0. The van der Waals surface area contributed by atoms with Gasteiger partial charge in [0.1, 0.15) is 24.1 Å². The molecule has 1 rings (SSSR count). The Morgan fingerprint density at radius 2 is 1.49 bits per heavy atom. The smallest absolute Gasteiger partial charge is 0.481 e. The molecule has 0 bridgehead atoms. The fraction of sp³-hybridized carbons (Fsp3) is 0.500. The molecule has 3 amide bonds. The Labute approximate surface area is 235 Å². The van der Waals surface area contributed by atoms with Crippen molar-refractivity contribution in [2.24, 2.45) is 11.7 Å². The van der Waals surface area contributed by atoms with Crippen molar-refractivity contribution in [2.75, 3.05) is 0 Å². The van der Waals surface area contributed by atoms with Gasteiger partial charge in [-0.05, 0) is 36.5 Å². The Kier molecular flexibility index (Phi) is 14.1. The highest BCUT2D eigenvalue weighted by atomic mass is 31.2. The van der Waals surface area contributed by atoms with Crippen LogP contribution in [0.2, 0.25) is 0 Å². The number of carbonyl (C=O) groups excluding carboxylic acids is 4. The summed E-state index contributed by atoms with van der Waals surface area (Å²) in [7, 11) is -4.82. The zero-order chi connectivity index (χ0) is 31.3. The van der Waals surface area contributed by atoms with Crippen LogP contribution in [0.5, 0.6) is 5.75 Å². The topological polar surface area (TPSA) is 272 Å². The molecule has 41 heavy (non-hydrogen) atoms. The molecule has 0 aliphatic carbocycles. The van der Waals surface area contributed by atoms with Gasteiger partial charge in [0.25, 0.3) is 0 Å². The number of amides is 3. The molecule has 0 radical (unpaired) electrons. The molecule has 0 aromatic heterocycles. The Morgan fingerprint density at radius 1 is 0.927 bits per heavy atom. The Bertz CT molecular complexity index is 1140. The summed E-state index contributed by atoms with van der Waals surface area (Å²) in [6, 6.07) is -0.111. The van der Waals surface area contributed by atoms with E-state index in [1.165, 1.54) is 24.3 Å². The first-order valence-electron chi connectivity index (χ1n) is 12.4. The molecule has 0 saturated heterocycles. The van der Waals surface area contributed by atoms with Gasteiger partial charge in [-0.15, -0.1) is 0 Å². The standard InChI is InChI=1S/C24H35N4O12P/c1-13(2)9-15(12-29)26-24(36)19(10-14-3-5-16(6-4-14)40-41(37,38)39)28-23(35)18(7-8-20(30)31)27-22(34)17(25)11-21(32)33/h3-6,12-13,15,17-19H,7-11,25H2,1-2H3,(H,26,36)(H,27,34)(H,28,35)(H,30,31)(H,32,33)(H2,37,38,39)/t15-,17-,18-,19-/m0/s1. The molecule has 0 spiro atoms. The number of phosphoric ester groups is 1. The highest BCUT2D eigenvalue weighted by Crippen LogP contribution is 2.37. The minimum atomic E-state index is -4.82. The van der Waals surface area contributed by atoms with Gasteiger partial charge >= 0.3 is 19.8 Å². The number of nitrogens with one attached hydrogen (secondary N) is 3. The van der Waals surface area contributed by atoms with Crippen LogP contribution < -0.4 is 26.2 Å². The second kappa shape index (κ2) is 16.4. The summed E-state index contributed by atoms with van der Waals surface area (Å²) in [6.07, 6.45) is -1.10. The van der Waals surface area contributed by atoms with Crippen molar-refractivity contribution in [1.29, 1.82) is 0 Å². The van der Waals surface area contributed by atoms with Crippen LogP contribution in [0.25, 0.3) is 0 Å². The highest BCUT2D eigenvalue weighted by molar-refractivity contribution is 7.46. The molecule has 0 heterocycles. The maximum Gasteiger partial charge on any atom is 0.524 e. The van der Waals surface area contributed by atoms with Gasteiger partial charge in [-0.25, -0.2) is 4.57 Å². The second-order valence-electron chi connectivity index (χ2n) is 9.57. The number of benzene rings is 1. The summed E-state index contributed by atoms with van der Waals surface area (Å²) in [4.78, 5) is 90.1. The van der Waals surface area contributed by atoms with E-state index in [4.69, 9.17) is 25.7 Å². The number of carbonyl (C=O) groups is 6. The Morgan fingerprint density at radius 3 is 1.98 bits per heavy atom. The van der Waals surface area contributed by atoms with Crippen molar-refractivity contribution in [3.63, 3.8) is 0 Å². The monoisotopic (exact) mass is 602 g/mol. The van der Waals surface area contributed by atoms with E-state index in [-0.39, 0.29) is 18.1 Å². The first-order valence-corrected chi connectivity index (χ1v) is 13.9. The van der Waals surface area contributed by atoms with Gasteiger partial charge in [0, 0.05) is 12.8 Å². The molecule has 0 fully saturated rings. The number of aliphatic carboxylic acids is 2. The third-order valence-electron chi connectivity index (χ3n) is 5.45. The van der Waals surface area contributed by atoms with Gasteiger partial charge in [0.2, 0.25) is 17.7 Å². The van der Waals surface area contributed by atoms with Crippen molar-refractivity contribution in [3.05, 3.63) is 29.8 Å². The van der Waals surface area contributed by atoms with Crippen molar-refractivity contribution >= 4 is 43.8 Å². The van der Waals surface area contributed by atoms with Crippen molar-refractivity contribution < 1.29 is 57.9 Å². The SMILES string of the molecule is CC(C)C[C@@H](C=O)NC(=O)[C@H](Cc1ccc(OP(=O)(O)O)cc1)NC(=O)[C@H](CCC(=O)O)NC(=O)[C@@H](N)CC(=O)O. The predicted molar refractivity (Wildman–Crippen MR) is 141 cm³/mol. The molecular weight excluding hydrogens is 567 g/mol. The Balaban J connectivity index is 3.23. The predicted octanol–water partition coefficient (Wildman–Crippen LogP) is -0.933. The van der Waals surface area contributed by atoms with E-state index in [0.717, 1.165) is 0 Å². The van der Waals surface area contributed by atoms with E-state index >= 15 is 0 Å². The first-order chi connectivity index (χ1) is 19.0. The number of rotatable bonds is 18. The van der Waals surface area contributed by atoms with E-state index in [1.807, 2.05) is 13.8 Å². The minimum absolute atomic E-state index is 0.0331. The van der Waals surface area contributed by atoms with Gasteiger partial charge in [-0.1, -0.05) is 26.0 Å². The van der Waals surface area contributed by atoms with Crippen molar-refractivity contribution in [3.8, 4) is 5.75 Å². The molecule has 0 aliphatic rings. The van der Waals surface area contributed by atoms with Crippen LogP contribution in [0.1, 0.15) is 45.1 Å². The lowest BCUT2D eigenvalue weighted by molar-refractivity contribution is -0.140.